The highest BCUT2D eigenvalue weighted by atomic mass is 16.1. The Labute approximate surface area is 120 Å². The zero-order chi connectivity index (χ0) is 14.2. The fraction of sp³-hybridized carbons (Fsp3) is 0.588. The van der Waals surface area contributed by atoms with Crippen LogP contribution in [0.15, 0.2) is 18.2 Å². The lowest BCUT2D eigenvalue weighted by Gasteiger charge is -2.35. The summed E-state index contributed by atoms with van der Waals surface area (Å²) >= 11 is 0. The van der Waals surface area contributed by atoms with Crippen molar-refractivity contribution in [3.05, 3.63) is 34.9 Å². The third-order valence-electron chi connectivity index (χ3n) is 5.38. The van der Waals surface area contributed by atoms with Gasteiger partial charge >= 0.3 is 0 Å². The van der Waals surface area contributed by atoms with Crippen LogP contribution >= 0.6 is 0 Å². The van der Waals surface area contributed by atoms with Crippen molar-refractivity contribution >= 4 is 5.91 Å². The maximum absolute atomic E-state index is 12.0. The van der Waals surface area contributed by atoms with Crippen LogP contribution in [0.4, 0.5) is 0 Å². The van der Waals surface area contributed by atoms with Crippen LogP contribution in [0.2, 0.25) is 0 Å². The number of carbonyl (C=O) groups excluding carboxylic acids is 1. The zero-order valence-corrected chi connectivity index (χ0v) is 12.2. The van der Waals surface area contributed by atoms with Gasteiger partial charge in [0.05, 0.1) is 0 Å². The molecule has 1 aromatic carbocycles. The van der Waals surface area contributed by atoms with Crippen LogP contribution in [-0.2, 0) is 6.42 Å². The number of hydrogen-bond acceptors (Lipinski definition) is 2. The lowest BCUT2D eigenvalue weighted by Crippen LogP contribution is -2.34. The van der Waals surface area contributed by atoms with E-state index in [2.05, 4.69) is 24.4 Å². The van der Waals surface area contributed by atoms with E-state index in [1.165, 1.54) is 25.7 Å². The standard InChI is InChI=1S/C17H24N2O/c1-2-17(8-3-4-9-17)15(18)13-6-5-12-7-10-19-16(20)14(12)11-13/h5-6,11,15H,2-4,7-10,18H2,1H3,(H,19,20). The van der Waals surface area contributed by atoms with Crippen LogP contribution in [-0.4, -0.2) is 12.5 Å². The van der Waals surface area contributed by atoms with Crippen LogP contribution < -0.4 is 11.1 Å². The van der Waals surface area contributed by atoms with Gasteiger partial charge in [-0.1, -0.05) is 31.9 Å². The molecule has 0 spiro atoms. The minimum atomic E-state index is 0.0510. The van der Waals surface area contributed by atoms with E-state index < -0.39 is 0 Å². The summed E-state index contributed by atoms with van der Waals surface area (Å²) < 4.78 is 0. The van der Waals surface area contributed by atoms with Gasteiger partial charge in [-0.2, -0.15) is 0 Å². The van der Waals surface area contributed by atoms with E-state index in [4.69, 9.17) is 5.73 Å². The van der Waals surface area contributed by atoms with Gasteiger partial charge in [-0.15, -0.1) is 0 Å². The third kappa shape index (κ3) is 2.14. The number of nitrogens with two attached hydrogens (primary N) is 1. The SMILES string of the molecule is CCC1(C(N)c2ccc3c(c2)C(=O)NCC3)CCCC1. The molecule has 1 aliphatic heterocycles. The van der Waals surface area contributed by atoms with Gasteiger partial charge in [0.15, 0.2) is 0 Å². The molecule has 3 N–H and O–H groups in total. The van der Waals surface area contributed by atoms with Crippen molar-refractivity contribution in [1.82, 2.24) is 5.32 Å². The van der Waals surface area contributed by atoms with Crippen LogP contribution in [0, 0.1) is 5.41 Å². The second-order valence-electron chi connectivity index (χ2n) is 6.32. The Balaban J connectivity index is 1.94. The average Bonchev–Trinajstić information content (AvgIpc) is 2.97. The summed E-state index contributed by atoms with van der Waals surface area (Å²) in [4.78, 5) is 12.0. The van der Waals surface area contributed by atoms with Crippen molar-refractivity contribution in [2.24, 2.45) is 11.1 Å². The highest BCUT2D eigenvalue weighted by Crippen LogP contribution is 2.49. The Morgan fingerprint density at radius 1 is 1.35 bits per heavy atom. The molecule has 3 nitrogen and oxygen atoms in total. The van der Waals surface area contributed by atoms with Crippen molar-refractivity contribution in [3.63, 3.8) is 0 Å². The monoisotopic (exact) mass is 272 g/mol. The van der Waals surface area contributed by atoms with Gasteiger partial charge in [-0.05, 0) is 48.3 Å². The van der Waals surface area contributed by atoms with E-state index in [1.807, 2.05) is 6.07 Å². The van der Waals surface area contributed by atoms with Gasteiger partial charge in [0.2, 0.25) is 0 Å². The molecular weight excluding hydrogens is 248 g/mol. The van der Waals surface area contributed by atoms with Gasteiger partial charge in [-0.3, -0.25) is 4.79 Å². The maximum atomic E-state index is 12.0. The summed E-state index contributed by atoms with van der Waals surface area (Å²) in [6.45, 7) is 2.99. The molecular formula is C17H24N2O. The molecule has 0 saturated heterocycles. The molecule has 1 aliphatic carbocycles. The molecule has 1 amide bonds. The first-order valence-corrected chi connectivity index (χ1v) is 7.83. The number of nitrogens with one attached hydrogen (secondary N) is 1. The second-order valence-corrected chi connectivity index (χ2v) is 6.32. The maximum Gasteiger partial charge on any atom is 0.251 e. The molecule has 1 atom stereocenters. The summed E-state index contributed by atoms with van der Waals surface area (Å²) in [5, 5.41) is 2.92. The van der Waals surface area contributed by atoms with E-state index in [0.29, 0.717) is 0 Å². The number of fused-ring (bicyclic) bond motifs is 1. The molecule has 0 aromatic heterocycles. The fourth-order valence-electron chi connectivity index (χ4n) is 3.94. The fourth-order valence-corrected chi connectivity index (χ4v) is 3.94. The van der Waals surface area contributed by atoms with E-state index in [0.717, 1.165) is 36.1 Å². The molecule has 3 heteroatoms. The van der Waals surface area contributed by atoms with Crippen LogP contribution in [0.25, 0.3) is 0 Å². The second kappa shape index (κ2) is 5.21. The molecule has 1 aromatic rings. The van der Waals surface area contributed by atoms with E-state index >= 15 is 0 Å². The lowest BCUT2D eigenvalue weighted by atomic mass is 9.73. The Morgan fingerprint density at radius 2 is 2.10 bits per heavy atom. The summed E-state index contributed by atoms with van der Waals surface area (Å²) in [7, 11) is 0. The topological polar surface area (TPSA) is 55.1 Å². The zero-order valence-electron chi connectivity index (χ0n) is 12.2. The molecule has 1 heterocycles. The number of hydrogen-bond donors (Lipinski definition) is 2. The molecule has 3 rings (SSSR count). The summed E-state index contributed by atoms with van der Waals surface area (Å²) in [6.07, 6.45) is 7.05. The molecule has 0 bridgehead atoms. The number of amides is 1. The summed E-state index contributed by atoms with van der Waals surface area (Å²) in [6, 6.07) is 6.32. The predicted molar refractivity (Wildman–Crippen MR) is 80.6 cm³/mol. The smallest absolute Gasteiger partial charge is 0.251 e. The molecule has 0 radical (unpaired) electrons. The van der Waals surface area contributed by atoms with Crippen molar-refractivity contribution in [1.29, 1.82) is 0 Å². The van der Waals surface area contributed by atoms with Crippen molar-refractivity contribution in [2.75, 3.05) is 6.54 Å². The predicted octanol–water partition coefficient (Wildman–Crippen LogP) is 2.94. The minimum absolute atomic E-state index is 0.0510. The first-order valence-electron chi connectivity index (χ1n) is 7.83. The van der Waals surface area contributed by atoms with Gasteiger partial charge in [-0.25, -0.2) is 0 Å². The quantitative estimate of drug-likeness (QED) is 0.889. The molecule has 108 valence electrons. The Hall–Kier alpha value is -1.35. The highest BCUT2D eigenvalue weighted by Gasteiger charge is 2.38. The average molecular weight is 272 g/mol. The first kappa shape index (κ1) is 13.6. The highest BCUT2D eigenvalue weighted by molar-refractivity contribution is 5.96. The van der Waals surface area contributed by atoms with Gasteiger partial charge in [0, 0.05) is 18.2 Å². The Morgan fingerprint density at radius 3 is 2.80 bits per heavy atom. The van der Waals surface area contributed by atoms with E-state index in [-0.39, 0.29) is 17.4 Å². The van der Waals surface area contributed by atoms with E-state index in [9.17, 15) is 4.79 Å². The van der Waals surface area contributed by atoms with Gasteiger partial charge in [0.25, 0.3) is 5.91 Å². The number of rotatable bonds is 3. The number of benzene rings is 1. The van der Waals surface area contributed by atoms with Gasteiger partial charge in [0.1, 0.15) is 0 Å². The van der Waals surface area contributed by atoms with E-state index in [1.54, 1.807) is 0 Å². The minimum Gasteiger partial charge on any atom is -0.352 e. The first-order chi connectivity index (χ1) is 9.66. The normalized spacial score (nSPS) is 22.2. The van der Waals surface area contributed by atoms with Gasteiger partial charge < -0.3 is 11.1 Å². The lowest BCUT2D eigenvalue weighted by molar-refractivity contribution is 0.0945. The molecule has 2 aliphatic rings. The summed E-state index contributed by atoms with van der Waals surface area (Å²) in [5.41, 5.74) is 9.94. The number of carbonyl (C=O) groups is 1. The third-order valence-corrected chi connectivity index (χ3v) is 5.38. The Bertz CT molecular complexity index is 518. The summed E-state index contributed by atoms with van der Waals surface area (Å²) in [5.74, 6) is 0.0530. The van der Waals surface area contributed by atoms with Crippen molar-refractivity contribution in [3.8, 4) is 0 Å². The molecule has 1 saturated carbocycles. The Kier molecular flexibility index (Phi) is 3.55. The van der Waals surface area contributed by atoms with Crippen molar-refractivity contribution in [2.45, 2.75) is 51.5 Å². The van der Waals surface area contributed by atoms with Crippen LogP contribution in [0.1, 0.15) is 66.6 Å². The largest absolute Gasteiger partial charge is 0.352 e. The van der Waals surface area contributed by atoms with Crippen LogP contribution in [0.3, 0.4) is 0 Å². The van der Waals surface area contributed by atoms with Crippen LogP contribution in [0.5, 0.6) is 0 Å². The molecule has 1 unspecified atom stereocenters. The van der Waals surface area contributed by atoms with Crippen molar-refractivity contribution < 1.29 is 4.79 Å². The molecule has 1 fully saturated rings. The molecule has 20 heavy (non-hydrogen) atoms.